The second-order valence-corrected chi connectivity index (χ2v) is 3.19. The molecule has 1 aromatic heterocycles. The maximum atomic E-state index is 4.25. The van der Waals surface area contributed by atoms with Crippen molar-refractivity contribution in [1.82, 2.24) is 14.9 Å². The minimum atomic E-state index is 0.719. The molecule has 0 saturated heterocycles. The zero-order valence-corrected chi connectivity index (χ0v) is 7.91. The molecular formula is C11H8N4. The van der Waals surface area contributed by atoms with Gasteiger partial charge in [0.1, 0.15) is 12.7 Å². The summed E-state index contributed by atoms with van der Waals surface area (Å²) in [6.07, 6.45) is 14.9. The Morgan fingerprint density at radius 1 is 1.13 bits per heavy atom. The lowest BCUT2D eigenvalue weighted by atomic mass is 10.2. The fourth-order valence-electron chi connectivity index (χ4n) is 1.57. The third-order valence-electron chi connectivity index (χ3n) is 2.27. The second-order valence-electron chi connectivity index (χ2n) is 3.19. The monoisotopic (exact) mass is 196 g/mol. The van der Waals surface area contributed by atoms with Crippen molar-refractivity contribution in [1.29, 1.82) is 0 Å². The molecule has 4 nitrogen and oxygen atoms in total. The van der Waals surface area contributed by atoms with E-state index in [-0.39, 0.29) is 0 Å². The van der Waals surface area contributed by atoms with Gasteiger partial charge in [0.15, 0.2) is 5.82 Å². The van der Waals surface area contributed by atoms with Crippen molar-refractivity contribution in [2.45, 2.75) is 0 Å². The van der Waals surface area contributed by atoms with Crippen molar-refractivity contribution in [2.75, 3.05) is 0 Å². The van der Waals surface area contributed by atoms with Gasteiger partial charge >= 0.3 is 0 Å². The number of nitrogens with zero attached hydrogens (tertiary/aromatic N) is 4. The Morgan fingerprint density at radius 3 is 3.13 bits per heavy atom. The molecule has 0 N–H and O–H groups in total. The number of allylic oxidation sites excluding steroid dienone is 4. The van der Waals surface area contributed by atoms with E-state index in [0.717, 1.165) is 17.1 Å². The molecule has 0 radical (unpaired) electrons. The van der Waals surface area contributed by atoms with E-state index in [1.165, 1.54) is 6.33 Å². The van der Waals surface area contributed by atoms with E-state index in [2.05, 4.69) is 15.0 Å². The van der Waals surface area contributed by atoms with Crippen LogP contribution < -0.4 is 0 Å². The predicted molar refractivity (Wildman–Crippen MR) is 58.3 cm³/mol. The first kappa shape index (κ1) is 8.11. The van der Waals surface area contributed by atoms with Gasteiger partial charge < -0.3 is 4.90 Å². The minimum Gasteiger partial charge on any atom is -0.307 e. The first-order chi connectivity index (χ1) is 7.45. The number of fused-ring (bicyclic) bond motifs is 3. The molecule has 0 unspecified atom stereocenters. The molecule has 2 aliphatic heterocycles. The van der Waals surface area contributed by atoms with E-state index in [9.17, 15) is 0 Å². The van der Waals surface area contributed by atoms with Crippen LogP contribution in [-0.4, -0.2) is 21.2 Å². The summed E-state index contributed by atoms with van der Waals surface area (Å²) in [4.78, 5) is 14.3. The summed E-state index contributed by atoms with van der Waals surface area (Å²) < 4.78 is 0. The van der Waals surface area contributed by atoms with Crippen LogP contribution in [0.1, 0.15) is 5.56 Å². The van der Waals surface area contributed by atoms with Crippen LogP contribution in [0.4, 0.5) is 5.82 Å². The SMILES string of the molecule is C1=CC=C2c3cncnc3N=CN2C=C1. The van der Waals surface area contributed by atoms with Crippen LogP contribution in [0.3, 0.4) is 0 Å². The summed E-state index contributed by atoms with van der Waals surface area (Å²) in [6.45, 7) is 0. The Kier molecular flexibility index (Phi) is 1.71. The Morgan fingerprint density at radius 2 is 2.13 bits per heavy atom. The van der Waals surface area contributed by atoms with Gasteiger partial charge in [0.25, 0.3) is 0 Å². The van der Waals surface area contributed by atoms with E-state index in [0.29, 0.717) is 0 Å². The molecule has 3 rings (SSSR count). The summed E-state index contributed by atoms with van der Waals surface area (Å²) in [5.74, 6) is 0.719. The van der Waals surface area contributed by atoms with Gasteiger partial charge in [-0.15, -0.1) is 0 Å². The van der Waals surface area contributed by atoms with E-state index in [4.69, 9.17) is 0 Å². The quantitative estimate of drug-likeness (QED) is 0.636. The van der Waals surface area contributed by atoms with Crippen molar-refractivity contribution >= 4 is 17.9 Å². The third kappa shape index (κ3) is 1.27. The number of rotatable bonds is 0. The number of aliphatic imine (C=N–C) groups is 1. The van der Waals surface area contributed by atoms with E-state index >= 15 is 0 Å². The molecule has 0 fully saturated rings. The topological polar surface area (TPSA) is 41.4 Å². The van der Waals surface area contributed by atoms with Crippen LogP contribution in [-0.2, 0) is 0 Å². The maximum absolute atomic E-state index is 4.25. The first-order valence-corrected chi connectivity index (χ1v) is 4.63. The minimum absolute atomic E-state index is 0.719. The molecule has 1 aromatic rings. The molecule has 0 aliphatic carbocycles. The predicted octanol–water partition coefficient (Wildman–Crippen LogP) is 1.88. The van der Waals surface area contributed by atoms with Gasteiger partial charge in [-0.3, -0.25) is 0 Å². The Balaban J connectivity index is 2.21. The molecule has 0 bridgehead atoms. The molecule has 72 valence electrons. The van der Waals surface area contributed by atoms with Crippen molar-refractivity contribution in [3.63, 3.8) is 0 Å². The second kappa shape index (κ2) is 3.16. The van der Waals surface area contributed by atoms with Gasteiger partial charge in [0.05, 0.1) is 11.3 Å². The molecule has 4 heteroatoms. The lowest BCUT2D eigenvalue weighted by Crippen LogP contribution is -2.16. The van der Waals surface area contributed by atoms with Crippen molar-refractivity contribution in [2.24, 2.45) is 4.99 Å². The van der Waals surface area contributed by atoms with Crippen molar-refractivity contribution in [3.05, 3.63) is 48.6 Å². The van der Waals surface area contributed by atoms with E-state index in [1.54, 1.807) is 12.5 Å². The molecule has 0 aromatic carbocycles. The van der Waals surface area contributed by atoms with Crippen LogP contribution >= 0.6 is 0 Å². The zero-order chi connectivity index (χ0) is 10.1. The van der Waals surface area contributed by atoms with Crippen LogP contribution in [0, 0.1) is 0 Å². The average molecular weight is 196 g/mol. The molecule has 15 heavy (non-hydrogen) atoms. The van der Waals surface area contributed by atoms with Crippen LogP contribution in [0.5, 0.6) is 0 Å². The van der Waals surface area contributed by atoms with Gasteiger partial charge in [-0.25, -0.2) is 15.0 Å². The standard InChI is InChI=1S/C11H8N4/c1-2-4-10-9-6-12-7-13-11(9)14-8-15(10)5-3-1/h1-8H. The fraction of sp³-hybridized carbons (Fsp3) is 0. The molecule has 0 amide bonds. The fourth-order valence-corrected chi connectivity index (χ4v) is 1.57. The first-order valence-electron chi connectivity index (χ1n) is 4.63. The highest BCUT2D eigenvalue weighted by Crippen LogP contribution is 2.30. The Hall–Kier alpha value is -2.23. The van der Waals surface area contributed by atoms with Gasteiger partial charge in [0, 0.05) is 12.4 Å². The molecule has 3 heterocycles. The van der Waals surface area contributed by atoms with E-state index in [1.807, 2.05) is 35.4 Å². The van der Waals surface area contributed by atoms with Crippen molar-refractivity contribution < 1.29 is 0 Å². The smallest absolute Gasteiger partial charge is 0.166 e. The zero-order valence-electron chi connectivity index (χ0n) is 7.91. The molecule has 2 aliphatic rings. The summed E-state index contributed by atoms with van der Waals surface area (Å²) in [7, 11) is 0. The molecule has 0 saturated carbocycles. The third-order valence-corrected chi connectivity index (χ3v) is 2.27. The Labute approximate surface area is 87.0 Å². The highest BCUT2D eigenvalue weighted by atomic mass is 15.2. The van der Waals surface area contributed by atoms with Gasteiger partial charge in [0.2, 0.25) is 0 Å². The summed E-state index contributed by atoms with van der Waals surface area (Å²) in [6, 6.07) is 0. The Bertz CT molecular complexity index is 511. The number of hydrogen-bond donors (Lipinski definition) is 0. The van der Waals surface area contributed by atoms with Crippen molar-refractivity contribution in [3.8, 4) is 0 Å². The maximum Gasteiger partial charge on any atom is 0.166 e. The summed E-state index contributed by atoms with van der Waals surface area (Å²) in [5.41, 5.74) is 2.00. The lowest BCUT2D eigenvalue weighted by molar-refractivity contribution is 0.801. The average Bonchev–Trinajstić information content (AvgIpc) is 2.54. The van der Waals surface area contributed by atoms with Gasteiger partial charge in [-0.1, -0.05) is 12.2 Å². The highest BCUT2D eigenvalue weighted by molar-refractivity contribution is 5.87. The number of aromatic nitrogens is 2. The molecule has 0 atom stereocenters. The van der Waals surface area contributed by atoms with E-state index < -0.39 is 0 Å². The normalized spacial score (nSPS) is 16.8. The molecular weight excluding hydrogens is 188 g/mol. The van der Waals surface area contributed by atoms with Gasteiger partial charge in [-0.2, -0.15) is 0 Å². The van der Waals surface area contributed by atoms with Crippen LogP contribution in [0.15, 0.2) is 48.0 Å². The number of hydrogen-bond acceptors (Lipinski definition) is 4. The van der Waals surface area contributed by atoms with Crippen LogP contribution in [0.25, 0.3) is 5.70 Å². The largest absolute Gasteiger partial charge is 0.307 e. The molecule has 0 spiro atoms. The summed E-state index contributed by atoms with van der Waals surface area (Å²) >= 11 is 0. The highest BCUT2D eigenvalue weighted by Gasteiger charge is 2.17. The van der Waals surface area contributed by atoms with Crippen LogP contribution in [0.2, 0.25) is 0 Å². The lowest BCUT2D eigenvalue weighted by Gasteiger charge is -2.22. The van der Waals surface area contributed by atoms with Gasteiger partial charge in [-0.05, 0) is 12.2 Å². The summed E-state index contributed by atoms with van der Waals surface area (Å²) in [5, 5.41) is 0.